The molecule has 244 valence electrons. The van der Waals surface area contributed by atoms with Gasteiger partial charge in [-0.2, -0.15) is 0 Å². The Kier molecular flexibility index (Phi) is 10.3. The molecule has 5 heterocycles. The van der Waals surface area contributed by atoms with Crippen LogP contribution < -0.4 is 0 Å². The van der Waals surface area contributed by atoms with Crippen LogP contribution in [-0.4, -0.2) is 32.5 Å². The molecule has 0 aliphatic carbocycles. The van der Waals surface area contributed by atoms with E-state index in [4.69, 9.17) is 14.7 Å². The molecule has 6 heteroatoms. The van der Waals surface area contributed by atoms with Gasteiger partial charge in [-0.05, 0) is 121 Å². The number of hydrogen-bond acceptors (Lipinski definition) is 4. The maximum atomic E-state index is 13.3. The first kappa shape index (κ1) is 33.4. The fourth-order valence-corrected chi connectivity index (χ4v) is 7.80. The zero-order valence-electron chi connectivity index (χ0n) is 29.5. The van der Waals surface area contributed by atoms with Crippen LogP contribution in [0, 0.1) is 0 Å². The summed E-state index contributed by atoms with van der Waals surface area (Å²) in [6, 6.07) is 6.82. The van der Waals surface area contributed by atoms with Crippen LogP contribution in [0.3, 0.4) is 0 Å². The number of H-pyrrole nitrogens is 2. The van der Waals surface area contributed by atoms with Crippen molar-refractivity contribution in [1.29, 1.82) is 0 Å². The average Bonchev–Trinajstić information content (AvgIpc) is 3.78. The number of nitrogens with one attached hydrogen (secondary N) is 2. The summed E-state index contributed by atoms with van der Waals surface area (Å²) in [4.78, 5) is 31.7. The zero-order valence-corrected chi connectivity index (χ0v) is 29.5. The summed E-state index contributed by atoms with van der Waals surface area (Å²) in [6.45, 7) is 20.0. The van der Waals surface area contributed by atoms with Crippen LogP contribution in [0.15, 0.2) is 18.2 Å². The van der Waals surface area contributed by atoms with E-state index in [0.29, 0.717) is 6.61 Å². The lowest BCUT2D eigenvalue weighted by atomic mass is 9.92. The molecule has 46 heavy (non-hydrogen) atoms. The molecule has 0 aromatic carbocycles. The summed E-state index contributed by atoms with van der Waals surface area (Å²) < 4.78 is 5.55. The molecule has 0 radical (unpaired) electrons. The molecule has 0 saturated carbocycles. The van der Waals surface area contributed by atoms with Gasteiger partial charge in [0, 0.05) is 27.6 Å². The lowest BCUT2D eigenvalue weighted by Crippen LogP contribution is -2.11. The molecule has 2 aliphatic heterocycles. The molecule has 6 nitrogen and oxygen atoms in total. The molecule has 0 unspecified atom stereocenters. The molecule has 0 spiro atoms. The second-order valence-corrected chi connectivity index (χ2v) is 12.1. The quantitative estimate of drug-likeness (QED) is 0.209. The van der Waals surface area contributed by atoms with Crippen LogP contribution in [-0.2, 0) is 41.6 Å². The highest BCUT2D eigenvalue weighted by Crippen LogP contribution is 2.42. The topological polar surface area (TPSA) is 83.7 Å². The van der Waals surface area contributed by atoms with Crippen LogP contribution in [0.25, 0.3) is 44.4 Å². The number of allylic oxidation sites excluding steroid dienone is 4. The highest BCUT2D eigenvalue weighted by atomic mass is 16.5. The van der Waals surface area contributed by atoms with E-state index in [1.807, 2.05) is 6.92 Å². The SMILES string of the molecule is CCOC(=O)Cc1c2nc(cc3[nH]c(cc4[nH]c(cc5nc1C(CC)=C5CC)c(CC)c4CC)c(CC)c3CC)C(CC)=C2CC. The molecule has 0 saturated heterocycles. The lowest BCUT2D eigenvalue weighted by Gasteiger charge is -2.12. The second kappa shape index (κ2) is 14.2. The molecular formula is C40H52N4O2. The molecule has 2 N–H and O–H groups in total. The first-order valence-electron chi connectivity index (χ1n) is 17.7. The molecule has 8 bridgehead atoms. The van der Waals surface area contributed by atoms with Crippen molar-refractivity contribution in [3.05, 3.63) is 68.8 Å². The highest BCUT2D eigenvalue weighted by Gasteiger charge is 2.28. The van der Waals surface area contributed by atoms with Crippen molar-refractivity contribution in [2.24, 2.45) is 0 Å². The smallest absolute Gasteiger partial charge is 0.310 e. The van der Waals surface area contributed by atoms with Crippen LogP contribution in [0.5, 0.6) is 0 Å². The average molecular weight is 621 g/mol. The number of aryl methyl sites for hydroxylation is 4. The number of fused-ring (bicyclic) bond motifs is 8. The fourth-order valence-electron chi connectivity index (χ4n) is 7.80. The maximum Gasteiger partial charge on any atom is 0.310 e. The summed E-state index contributed by atoms with van der Waals surface area (Å²) in [5, 5.41) is 0. The largest absolute Gasteiger partial charge is 0.466 e. The van der Waals surface area contributed by atoms with Gasteiger partial charge < -0.3 is 14.7 Å². The Morgan fingerprint density at radius 2 is 0.891 bits per heavy atom. The van der Waals surface area contributed by atoms with E-state index in [1.54, 1.807) is 0 Å². The van der Waals surface area contributed by atoms with Crippen molar-refractivity contribution >= 4 is 50.3 Å². The standard InChI is InChI=1S/C40H52N4O2/c1-10-23-25(12-3)34-21-36-27(14-5)29(16-7)39(43-36)31(19-38(45)46-18-9)40-30(17-8)28(15-6)37(44-40)22-35-26(13-4)24(11-2)33(42-35)20-32(23)41-34/h20-22,41-42H,10-19H2,1-9H3. The van der Waals surface area contributed by atoms with Crippen LogP contribution in [0.1, 0.15) is 139 Å². The van der Waals surface area contributed by atoms with Gasteiger partial charge in [-0.3, -0.25) is 4.79 Å². The molecular weight excluding hydrogens is 568 g/mol. The third-order valence-corrected chi connectivity index (χ3v) is 9.83. The van der Waals surface area contributed by atoms with Gasteiger partial charge in [0.15, 0.2) is 0 Å². The fraction of sp³-hybridized carbons (Fsp3) is 0.475. The normalized spacial score (nSPS) is 13.2. The third kappa shape index (κ3) is 5.76. The molecule has 0 amide bonds. The minimum absolute atomic E-state index is 0.141. The Balaban J connectivity index is 2.08. The van der Waals surface area contributed by atoms with Gasteiger partial charge in [0.05, 0.1) is 35.8 Å². The van der Waals surface area contributed by atoms with Gasteiger partial charge in [-0.1, -0.05) is 55.4 Å². The van der Waals surface area contributed by atoms with Crippen molar-refractivity contribution in [3.8, 4) is 0 Å². The number of hydrogen-bond donors (Lipinski definition) is 2. The number of ether oxygens (including phenoxy) is 1. The van der Waals surface area contributed by atoms with Gasteiger partial charge in [0.25, 0.3) is 0 Å². The van der Waals surface area contributed by atoms with Crippen molar-refractivity contribution in [2.45, 2.75) is 120 Å². The predicted molar refractivity (Wildman–Crippen MR) is 194 cm³/mol. The molecule has 0 fully saturated rings. The zero-order chi connectivity index (χ0) is 33.1. The number of rotatable bonds is 11. The Morgan fingerprint density at radius 3 is 1.22 bits per heavy atom. The van der Waals surface area contributed by atoms with E-state index < -0.39 is 0 Å². The van der Waals surface area contributed by atoms with Crippen LogP contribution in [0.2, 0.25) is 0 Å². The Morgan fingerprint density at radius 1 is 0.522 bits per heavy atom. The van der Waals surface area contributed by atoms with E-state index in [0.717, 1.165) is 102 Å². The summed E-state index contributed by atoms with van der Waals surface area (Å²) in [7, 11) is 0. The van der Waals surface area contributed by atoms with E-state index in [1.165, 1.54) is 44.5 Å². The van der Waals surface area contributed by atoms with Crippen molar-refractivity contribution in [3.63, 3.8) is 0 Å². The third-order valence-electron chi connectivity index (χ3n) is 9.83. The highest BCUT2D eigenvalue weighted by molar-refractivity contribution is 5.99. The van der Waals surface area contributed by atoms with Gasteiger partial charge >= 0.3 is 5.97 Å². The number of nitrogens with zero attached hydrogens (tertiary/aromatic N) is 2. The summed E-state index contributed by atoms with van der Waals surface area (Å²) >= 11 is 0. The van der Waals surface area contributed by atoms with Gasteiger partial charge in [-0.15, -0.1) is 0 Å². The van der Waals surface area contributed by atoms with E-state index in [2.05, 4.69) is 83.6 Å². The maximum absolute atomic E-state index is 13.3. The van der Waals surface area contributed by atoms with Crippen LogP contribution >= 0.6 is 0 Å². The Hall–Kier alpha value is -3.93. The molecule has 2 aliphatic rings. The molecule has 0 atom stereocenters. The molecule has 3 aromatic heterocycles. The van der Waals surface area contributed by atoms with Crippen molar-refractivity contribution < 1.29 is 9.53 Å². The number of aromatic amines is 2. The monoisotopic (exact) mass is 620 g/mol. The van der Waals surface area contributed by atoms with Crippen molar-refractivity contribution in [2.75, 3.05) is 6.61 Å². The van der Waals surface area contributed by atoms with E-state index >= 15 is 0 Å². The Bertz CT molecular complexity index is 1760. The minimum Gasteiger partial charge on any atom is -0.466 e. The van der Waals surface area contributed by atoms with E-state index in [-0.39, 0.29) is 12.4 Å². The minimum atomic E-state index is -0.241. The first-order valence-corrected chi connectivity index (χ1v) is 17.7. The second-order valence-electron chi connectivity index (χ2n) is 12.1. The van der Waals surface area contributed by atoms with Gasteiger partial charge in [-0.25, -0.2) is 9.97 Å². The summed E-state index contributed by atoms with van der Waals surface area (Å²) in [5.41, 5.74) is 19.5. The summed E-state index contributed by atoms with van der Waals surface area (Å²) in [5.74, 6) is -0.241. The number of esters is 1. The Labute approximate surface area is 274 Å². The molecule has 3 aromatic rings. The lowest BCUT2D eigenvalue weighted by molar-refractivity contribution is -0.142. The van der Waals surface area contributed by atoms with Crippen molar-refractivity contribution in [1.82, 2.24) is 19.9 Å². The number of aromatic nitrogens is 4. The molecule has 5 rings (SSSR count). The van der Waals surface area contributed by atoms with Crippen LogP contribution in [0.4, 0.5) is 0 Å². The first-order chi connectivity index (χ1) is 22.3. The van der Waals surface area contributed by atoms with Gasteiger partial charge in [0.2, 0.25) is 0 Å². The number of carbonyl (C=O) groups is 1. The van der Waals surface area contributed by atoms with Gasteiger partial charge in [0.1, 0.15) is 0 Å². The van der Waals surface area contributed by atoms with E-state index in [9.17, 15) is 4.79 Å². The number of carbonyl (C=O) groups excluding carboxylic acids is 1. The predicted octanol–water partition coefficient (Wildman–Crippen LogP) is 10.1. The summed E-state index contributed by atoms with van der Waals surface area (Å²) in [6.07, 6.45) is 7.24.